The maximum atomic E-state index is 8.44. The average molecular weight is 233 g/mol. The number of hydrogen-bond donors (Lipinski definition) is 0. The van der Waals surface area contributed by atoms with Gasteiger partial charge in [-0.1, -0.05) is 0 Å². The van der Waals surface area contributed by atoms with Crippen molar-refractivity contribution in [1.29, 1.82) is 0 Å². The SMILES string of the molecule is [O]=[Cr][O-].[O]=[Cr][O-].[Zn+2]. The van der Waals surface area contributed by atoms with Gasteiger partial charge in [0.1, 0.15) is 0 Å². The molecule has 0 heterocycles. The summed E-state index contributed by atoms with van der Waals surface area (Å²) in [5.74, 6) is 0. The zero-order chi connectivity index (χ0) is 5.41. The van der Waals surface area contributed by atoms with E-state index in [0.717, 1.165) is 0 Å². The summed E-state index contributed by atoms with van der Waals surface area (Å²) >= 11 is -3.25. The molecule has 0 aliphatic heterocycles. The Morgan fingerprint density at radius 3 is 1.00 bits per heavy atom. The molecule has 0 spiro atoms. The van der Waals surface area contributed by atoms with E-state index in [2.05, 4.69) is 0 Å². The van der Waals surface area contributed by atoms with E-state index in [9.17, 15) is 0 Å². The van der Waals surface area contributed by atoms with Crippen molar-refractivity contribution in [2.24, 2.45) is 0 Å². The largest absolute Gasteiger partial charge is 2.00 e. The van der Waals surface area contributed by atoms with Crippen molar-refractivity contribution in [3.63, 3.8) is 0 Å². The predicted molar refractivity (Wildman–Crippen MR) is 1.37 cm³/mol. The molecule has 0 aromatic rings. The van der Waals surface area contributed by atoms with Crippen molar-refractivity contribution in [3.8, 4) is 0 Å². The Morgan fingerprint density at radius 1 is 1.00 bits per heavy atom. The van der Waals surface area contributed by atoms with Crippen molar-refractivity contribution in [2.45, 2.75) is 0 Å². The van der Waals surface area contributed by atoms with Gasteiger partial charge in [0.15, 0.2) is 0 Å². The summed E-state index contributed by atoms with van der Waals surface area (Å²) in [5, 5.41) is 0. The molecule has 38 valence electrons. The third-order valence-corrected chi connectivity index (χ3v) is 0. The first-order chi connectivity index (χ1) is 2.83. The van der Waals surface area contributed by atoms with Crippen LogP contribution in [-0.4, -0.2) is 0 Å². The molecule has 0 aliphatic carbocycles. The van der Waals surface area contributed by atoms with Gasteiger partial charge in [-0.15, -0.1) is 0 Å². The molecule has 0 radical (unpaired) electrons. The van der Waals surface area contributed by atoms with Crippen LogP contribution in [0.3, 0.4) is 0 Å². The smallest absolute Gasteiger partial charge is 2.00 e. The van der Waals surface area contributed by atoms with Crippen molar-refractivity contribution >= 4 is 0 Å². The molecule has 4 nitrogen and oxygen atoms in total. The van der Waals surface area contributed by atoms with Gasteiger partial charge in [-0.3, -0.25) is 0 Å². The number of hydrogen-bond acceptors (Lipinski definition) is 4. The van der Waals surface area contributed by atoms with Gasteiger partial charge in [0.05, 0.1) is 0 Å². The van der Waals surface area contributed by atoms with E-state index in [1.54, 1.807) is 0 Å². The van der Waals surface area contributed by atoms with Gasteiger partial charge in [-0.05, 0) is 0 Å². The molecule has 0 N–H and O–H groups in total. The van der Waals surface area contributed by atoms with Gasteiger partial charge >= 0.3 is 66.4 Å². The Hall–Kier alpha value is 1.21. The first-order valence-electron chi connectivity index (χ1n) is 0.667. The standard InChI is InChI=1S/2Cr.4O.Zn/q;;;;2*-1;+2. The summed E-state index contributed by atoms with van der Waals surface area (Å²) in [4.78, 5) is 0. The van der Waals surface area contributed by atoms with Crippen LogP contribution >= 0.6 is 0 Å². The second-order valence-electron chi connectivity index (χ2n) is 0.136. The third-order valence-electron chi connectivity index (χ3n) is 0. The zero-order valence-corrected chi connectivity index (χ0v) is 8.67. The van der Waals surface area contributed by atoms with E-state index >= 15 is 0 Å². The van der Waals surface area contributed by atoms with Crippen LogP contribution < -0.4 is 8.32 Å². The van der Waals surface area contributed by atoms with Crippen molar-refractivity contribution < 1.29 is 66.4 Å². The summed E-state index contributed by atoms with van der Waals surface area (Å²) in [6, 6.07) is 0. The Kier molecular flexibility index (Phi) is 60.6. The van der Waals surface area contributed by atoms with Crippen LogP contribution in [0.5, 0.6) is 0 Å². The fraction of sp³-hybridized carbons (Fsp3) is 0. The molecule has 0 fully saturated rings. The predicted octanol–water partition coefficient (Wildman–Crippen LogP) is -2.62. The third kappa shape index (κ3) is 134. The molecule has 0 unspecified atom stereocenters. The minimum Gasteiger partial charge on any atom is 2.00 e. The maximum Gasteiger partial charge on any atom is 2.00 e. The van der Waals surface area contributed by atoms with Crippen LogP contribution in [0.25, 0.3) is 0 Å². The van der Waals surface area contributed by atoms with E-state index < -0.39 is 31.0 Å². The van der Waals surface area contributed by atoms with Crippen LogP contribution in [0, 0.1) is 0 Å². The van der Waals surface area contributed by atoms with E-state index in [1.807, 2.05) is 0 Å². The molecule has 7 heteroatoms. The molecule has 7 heavy (non-hydrogen) atoms. The van der Waals surface area contributed by atoms with Crippen LogP contribution in [0.15, 0.2) is 0 Å². The van der Waals surface area contributed by atoms with Gasteiger partial charge < -0.3 is 0 Å². The van der Waals surface area contributed by atoms with E-state index in [1.165, 1.54) is 0 Å². The van der Waals surface area contributed by atoms with Gasteiger partial charge in [0, 0.05) is 0 Å². The molecule has 0 aliphatic rings. The topological polar surface area (TPSA) is 80.3 Å². The first-order valence-corrected chi connectivity index (χ1v) is 2.75. The van der Waals surface area contributed by atoms with Crippen LogP contribution in [-0.2, 0) is 58.1 Å². The normalized spacial score (nSPS) is 3.71. The van der Waals surface area contributed by atoms with E-state index in [4.69, 9.17) is 15.9 Å². The zero-order valence-electron chi connectivity index (χ0n) is 3.16. The molecule has 0 aromatic carbocycles. The molecular formula is Cr2O4Zn. The van der Waals surface area contributed by atoms with Gasteiger partial charge in [-0.25, -0.2) is 0 Å². The summed E-state index contributed by atoms with van der Waals surface area (Å²) in [6.45, 7) is 0. The fourth-order valence-corrected chi connectivity index (χ4v) is 0. The van der Waals surface area contributed by atoms with E-state index in [-0.39, 0.29) is 19.5 Å². The maximum absolute atomic E-state index is 8.44. The molecule has 0 rings (SSSR count). The first kappa shape index (κ1) is 15.7. The molecule has 0 saturated carbocycles. The molecule has 0 atom stereocenters. The van der Waals surface area contributed by atoms with Crippen molar-refractivity contribution in [2.75, 3.05) is 0 Å². The van der Waals surface area contributed by atoms with E-state index in [0.29, 0.717) is 0 Å². The van der Waals surface area contributed by atoms with Crippen LogP contribution in [0.4, 0.5) is 0 Å². The summed E-state index contributed by atoms with van der Waals surface area (Å²) < 4.78 is 33.8. The van der Waals surface area contributed by atoms with Crippen LogP contribution in [0.1, 0.15) is 0 Å². The Bertz CT molecular complexity index is 30.7. The van der Waals surface area contributed by atoms with Gasteiger partial charge in [0.2, 0.25) is 0 Å². The second kappa shape index (κ2) is 27.0. The van der Waals surface area contributed by atoms with Crippen molar-refractivity contribution in [3.05, 3.63) is 0 Å². The molecule has 0 aromatic heterocycles. The molecule has 0 saturated heterocycles. The molecule has 0 bridgehead atoms. The fourth-order valence-electron chi connectivity index (χ4n) is 0. The number of rotatable bonds is 0. The minimum absolute atomic E-state index is 0. The van der Waals surface area contributed by atoms with Gasteiger partial charge in [-0.2, -0.15) is 0 Å². The summed E-state index contributed by atoms with van der Waals surface area (Å²) in [6.07, 6.45) is 0. The average Bonchev–Trinajstić information content (AvgIpc) is 1.39. The van der Waals surface area contributed by atoms with Gasteiger partial charge in [0.25, 0.3) is 0 Å². The Balaban J connectivity index is -0.0000000400. The van der Waals surface area contributed by atoms with Crippen molar-refractivity contribution in [1.82, 2.24) is 0 Å². The van der Waals surface area contributed by atoms with Crippen LogP contribution in [0.2, 0.25) is 0 Å². The Labute approximate surface area is 66.2 Å². The summed E-state index contributed by atoms with van der Waals surface area (Å²) in [5.41, 5.74) is 0. The minimum atomic E-state index is -1.62. The quantitative estimate of drug-likeness (QED) is 0.429. The molecular weight excluding hydrogens is 233 g/mol. The summed E-state index contributed by atoms with van der Waals surface area (Å²) in [7, 11) is 0. The Morgan fingerprint density at radius 2 is 1.00 bits per heavy atom. The second-order valence-corrected chi connectivity index (χ2v) is 0.561. The molecule has 0 amide bonds. The monoisotopic (exact) mass is 232 g/mol.